The van der Waals surface area contributed by atoms with Crippen LogP contribution in [0.5, 0.6) is 5.88 Å². The highest BCUT2D eigenvalue weighted by Gasteiger charge is 2.46. The number of rotatable bonds is 7. The number of methoxy groups -OCH3 is 2. The van der Waals surface area contributed by atoms with Gasteiger partial charge in [0, 0.05) is 50.0 Å². The third kappa shape index (κ3) is 10.9. The molecule has 1 saturated heterocycles. The van der Waals surface area contributed by atoms with Crippen molar-refractivity contribution < 1.29 is 60.4 Å². The van der Waals surface area contributed by atoms with Crippen LogP contribution in [0.2, 0.25) is 0 Å². The van der Waals surface area contributed by atoms with Gasteiger partial charge in [0.05, 0.1) is 13.7 Å². The van der Waals surface area contributed by atoms with Crippen molar-refractivity contribution in [2.24, 2.45) is 0 Å². The minimum absolute atomic E-state index is 0.0692. The second-order valence-electron chi connectivity index (χ2n) is 8.70. The Morgan fingerprint density at radius 3 is 2.08 bits per heavy atom. The van der Waals surface area contributed by atoms with Crippen molar-refractivity contribution in [2.45, 2.75) is 69.0 Å². The average molecular weight is 576 g/mol. The van der Waals surface area contributed by atoms with E-state index >= 15 is 0 Å². The summed E-state index contributed by atoms with van der Waals surface area (Å²) in [4.78, 5) is 36.4. The van der Waals surface area contributed by atoms with Crippen molar-refractivity contribution in [1.82, 2.24) is 15.2 Å². The quantitative estimate of drug-likeness (QED) is 0.418. The summed E-state index contributed by atoms with van der Waals surface area (Å²) in [6, 6.07) is 4.47. The molecule has 1 aliphatic carbocycles. The Morgan fingerprint density at radius 2 is 1.62 bits per heavy atom. The van der Waals surface area contributed by atoms with Gasteiger partial charge in [-0.1, -0.05) is 6.07 Å². The molecule has 222 valence electrons. The van der Waals surface area contributed by atoms with Crippen LogP contribution in [0, 0.1) is 0 Å². The molecule has 2 heterocycles. The van der Waals surface area contributed by atoms with E-state index in [-0.39, 0.29) is 5.54 Å². The number of aromatic nitrogens is 1. The number of ether oxygens (including phenoxy) is 2. The minimum atomic E-state index is -5.08. The Bertz CT molecular complexity index is 927. The van der Waals surface area contributed by atoms with Crippen molar-refractivity contribution in [2.75, 3.05) is 27.4 Å². The van der Waals surface area contributed by atoms with Gasteiger partial charge in [0.15, 0.2) is 0 Å². The largest absolute Gasteiger partial charge is 0.490 e. The predicted octanol–water partition coefficient (Wildman–Crippen LogP) is 3.40. The molecule has 39 heavy (non-hydrogen) atoms. The molecule has 0 unspecified atom stereocenters. The molecule has 2 aliphatic rings. The van der Waals surface area contributed by atoms with Crippen LogP contribution in [-0.2, 0) is 25.7 Å². The second kappa shape index (κ2) is 14.9. The molecule has 0 radical (unpaired) electrons. The van der Waals surface area contributed by atoms with E-state index in [4.69, 9.17) is 29.3 Å². The Labute approximate surface area is 220 Å². The zero-order valence-electron chi connectivity index (χ0n) is 21.3. The van der Waals surface area contributed by atoms with Crippen molar-refractivity contribution >= 4 is 17.8 Å². The van der Waals surface area contributed by atoms with Crippen molar-refractivity contribution in [3.63, 3.8) is 0 Å². The van der Waals surface area contributed by atoms with Gasteiger partial charge in [-0.15, -0.1) is 0 Å². The number of pyridine rings is 1. The van der Waals surface area contributed by atoms with Gasteiger partial charge in [0.1, 0.15) is 0 Å². The molecule has 1 aliphatic heterocycles. The van der Waals surface area contributed by atoms with Crippen LogP contribution >= 0.6 is 0 Å². The first-order valence-electron chi connectivity index (χ1n) is 11.7. The van der Waals surface area contributed by atoms with Gasteiger partial charge in [-0.25, -0.2) is 14.6 Å². The molecule has 3 rings (SSSR count). The monoisotopic (exact) mass is 575 g/mol. The van der Waals surface area contributed by atoms with E-state index in [1.54, 1.807) is 20.4 Å². The van der Waals surface area contributed by atoms with Gasteiger partial charge < -0.3 is 29.9 Å². The molecule has 10 nitrogen and oxygen atoms in total. The number of likely N-dealkylation sites (tertiary alicyclic amines) is 1. The lowest BCUT2D eigenvalue weighted by Gasteiger charge is -2.44. The molecule has 1 amide bonds. The first-order valence-corrected chi connectivity index (χ1v) is 11.7. The number of nitrogens with one attached hydrogen (secondary N) is 1. The average Bonchev–Trinajstić information content (AvgIpc) is 3.16. The topological polar surface area (TPSA) is 138 Å². The van der Waals surface area contributed by atoms with E-state index in [0.717, 1.165) is 50.8 Å². The molecule has 1 spiro atoms. The van der Waals surface area contributed by atoms with Gasteiger partial charge in [-0.2, -0.15) is 26.3 Å². The molecule has 1 saturated carbocycles. The van der Waals surface area contributed by atoms with Gasteiger partial charge in [0.25, 0.3) is 0 Å². The summed E-state index contributed by atoms with van der Waals surface area (Å²) in [5, 5.41) is 17.9. The number of nitrogens with zero attached hydrogens (tertiary/aromatic N) is 2. The second-order valence-corrected chi connectivity index (χ2v) is 8.70. The molecule has 0 aromatic carbocycles. The first kappa shape index (κ1) is 33.9. The lowest BCUT2D eigenvalue weighted by molar-refractivity contribution is -0.193. The summed E-state index contributed by atoms with van der Waals surface area (Å²) in [6.07, 6.45) is -2.39. The number of carboxylic acids is 2. The van der Waals surface area contributed by atoms with Gasteiger partial charge in [-0.05, 0) is 38.2 Å². The van der Waals surface area contributed by atoms with Gasteiger partial charge in [-0.3, -0.25) is 4.79 Å². The molecule has 1 aromatic rings. The highest BCUT2D eigenvalue weighted by molar-refractivity contribution is 5.79. The van der Waals surface area contributed by atoms with Gasteiger partial charge in [0.2, 0.25) is 11.8 Å². The van der Waals surface area contributed by atoms with Crippen LogP contribution < -0.4 is 10.1 Å². The number of amides is 1. The molecule has 3 N–H and O–H groups in total. The molecule has 2 fully saturated rings. The van der Waals surface area contributed by atoms with Crippen LogP contribution in [0.15, 0.2) is 18.3 Å². The maximum Gasteiger partial charge on any atom is 0.490 e. The molecule has 0 atom stereocenters. The van der Waals surface area contributed by atoms with Crippen molar-refractivity contribution in [3.05, 3.63) is 23.9 Å². The third-order valence-electron chi connectivity index (χ3n) is 6.22. The molecule has 1 aromatic heterocycles. The van der Waals surface area contributed by atoms with Crippen molar-refractivity contribution in [3.8, 4) is 5.88 Å². The maximum atomic E-state index is 12.3. The van der Waals surface area contributed by atoms with Crippen LogP contribution in [0.25, 0.3) is 0 Å². The fourth-order valence-corrected chi connectivity index (χ4v) is 4.29. The zero-order valence-corrected chi connectivity index (χ0v) is 21.3. The van der Waals surface area contributed by atoms with Gasteiger partial charge >= 0.3 is 24.3 Å². The van der Waals surface area contributed by atoms with Crippen LogP contribution in [0.4, 0.5) is 26.3 Å². The lowest BCUT2D eigenvalue weighted by Crippen LogP contribution is -2.51. The van der Waals surface area contributed by atoms with Crippen LogP contribution in [0.1, 0.15) is 44.1 Å². The maximum absolute atomic E-state index is 12.3. The SMILES string of the molecule is COCCN1C(=O)CCC12CCC(NCc1cccnc1OC)CC2.O=C(O)C(F)(F)F.O=C(O)C(F)(F)F. The van der Waals surface area contributed by atoms with Crippen molar-refractivity contribution in [1.29, 1.82) is 0 Å². The standard InChI is InChI=1S/C19H29N3O3.2C2HF3O2/c1-24-13-12-22-17(23)7-10-19(22)8-5-16(6-9-19)21-14-15-4-3-11-20-18(15)25-2;2*3-2(4,5)1(6)7/h3-4,11,16,21H,5-10,12-14H2,1-2H3;2*(H,6,7). The highest BCUT2D eigenvalue weighted by Crippen LogP contribution is 2.42. The van der Waals surface area contributed by atoms with E-state index in [1.165, 1.54) is 0 Å². The Balaban J connectivity index is 0.000000449. The predicted molar refractivity (Wildman–Crippen MR) is 123 cm³/mol. The summed E-state index contributed by atoms with van der Waals surface area (Å²) < 4.78 is 74.0. The highest BCUT2D eigenvalue weighted by atomic mass is 19.4. The van der Waals surface area contributed by atoms with E-state index in [1.807, 2.05) is 12.1 Å². The Morgan fingerprint density at radius 1 is 1.08 bits per heavy atom. The Kier molecular flexibility index (Phi) is 12.9. The molecule has 0 bridgehead atoms. The summed E-state index contributed by atoms with van der Waals surface area (Å²) >= 11 is 0. The summed E-state index contributed by atoms with van der Waals surface area (Å²) in [6.45, 7) is 2.11. The molecular formula is C23H31F6N3O7. The fraction of sp³-hybridized carbons (Fsp3) is 0.652. The number of carbonyl (C=O) groups excluding carboxylic acids is 1. The third-order valence-corrected chi connectivity index (χ3v) is 6.22. The normalized spacial score (nSPS) is 21.0. The number of carbonyl (C=O) groups is 3. The summed E-state index contributed by atoms with van der Waals surface area (Å²) in [5.41, 5.74) is 1.16. The molecular weight excluding hydrogens is 544 g/mol. The van der Waals surface area contributed by atoms with E-state index in [0.29, 0.717) is 30.9 Å². The van der Waals surface area contributed by atoms with E-state index < -0.39 is 24.3 Å². The molecule has 16 heteroatoms. The number of halogens is 6. The number of aliphatic carboxylic acids is 2. The number of carboxylic acid groups (broad SMARTS) is 2. The smallest absolute Gasteiger partial charge is 0.481 e. The summed E-state index contributed by atoms with van der Waals surface area (Å²) in [5.74, 6) is -4.53. The number of alkyl halides is 6. The minimum Gasteiger partial charge on any atom is -0.481 e. The van der Waals surface area contributed by atoms with Crippen LogP contribution in [-0.4, -0.2) is 89.2 Å². The fourth-order valence-electron chi connectivity index (χ4n) is 4.29. The van der Waals surface area contributed by atoms with E-state index in [9.17, 15) is 31.1 Å². The lowest BCUT2D eigenvalue weighted by atomic mass is 9.77. The number of hydrogen-bond donors (Lipinski definition) is 3. The number of hydrogen-bond acceptors (Lipinski definition) is 7. The van der Waals surface area contributed by atoms with Crippen LogP contribution in [0.3, 0.4) is 0 Å². The summed E-state index contributed by atoms with van der Waals surface area (Å²) in [7, 11) is 3.35. The van der Waals surface area contributed by atoms with E-state index in [2.05, 4.69) is 15.2 Å². The first-order chi connectivity index (χ1) is 18.1. The zero-order chi connectivity index (χ0) is 29.9. The Hall–Kier alpha value is -3.14.